The number of carbonyl (C=O) groups is 2. The van der Waals surface area contributed by atoms with Gasteiger partial charge < -0.3 is 15.0 Å². The van der Waals surface area contributed by atoms with Gasteiger partial charge in [-0.15, -0.1) is 0 Å². The second kappa shape index (κ2) is 11.3. The third kappa shape index (κ3) is 6.76. The van der Waals surface area contributed by atoms with Crippen molar-refractivity contribution in [2.45, 2.75) is 19.0 Å². The molecule has 1 heterocycles. The Morgan fingerprint density at radius 3 is 2.60 bits per heavy atom. The van der Waals surface area contributed by atoms with Crippen molar-refractivity contribution in [2.24, 2.45) is 5.92 Å². The molecule has 2 amide bonds. The summed E-state index contributed by atoms with van der Waals surface area (Å²) in [7, 11) is 1.47. The lowest BCUT2D eigenvalue weighted by atomic mass is 9.97. The van der Waals surface area contributed by atoms with Gasteiger partial charge in [-0.1, -0.05) is 23.7 Å². The molecule has 10 heteroatoms. The van der Waals surface area contributed by atoms with E-state index in [4.69, 9.17) is 16.3 Å². The summed E-state index contributed by atoms with van der Waals surface area (Å²) in [6.07, 6.45) is -1.72. The molecule has 1 N–H and O–H groups in total. The highest BCUT2D eigenvalue weighted by atomic mass is 35.5. The molecule has 6 nitrogen and oxygen atoms in total. The number of piperidine rings is 1. The smallest absolute Gasteiger partial charge is 0.416 e. The summed E-state index contributed by atoms with van der Waals surface area (Å²) < 4.78 is 43.4. The van der Waals surface area contributed by atoms with E-state index in [0.29, 0.717) is 35.0 Å². The number of halogens is 4. The molecule has 1 unspecified atom stereocenters. The summed E-state index contributed by atoms with van der Waals surface area (Å²) in [6, 6.07) is 10.8. The largest absolute Gasteiger partial charge is 0.496 e. The molecule has 0 bridgehead atoms. The van der Waals surface area contributed by atoms with Gasteiger partial charge in [-0.3, -0.25) is 9.59 Å². The number of carbonyl (C=O) groups excluding carboxylic acids is 2. The van der Waals surface area contributed by atoms with Gasteiger partial charge in [-0.05, 0) is 60.7 Å². The Labute approximate surface area is 205 Å². The summed E-state index contributed by atoms with van der Waals surface area (Å²) in [5, 5.41) is 12.5. The van der Waals surface area contributed by atoms with E-state index in [1.54, 1.807) is 29.2 Å². The maximum absolute atomic E-state index is 13.0. The predicted octanol–water partition coefficient (Wildman–Crippen LogP) is 4.94. The Hall–Kier alpha value is -3.51. The zero-order valence-corrected chi connectivity index (χ0v) is 19.6. The number of nitrogens with one attached hydrogen (secondary N) is 1. The van der Waals surface area contributed by atoms with Gasteiger partial charge in [0.05, 0.1) is 18.2 Å². The number of methoxy groups -OCH3 is 1. The average molecular weight is 506 g/mol. The summed E-state index contributed by atoms with van der Waals surface area (Å²) >= 11 is 6.04. The number of alkyl halides is 3. The molecule has 2 aromatic carbocycles. The lowest BCUT2D eigenvalue weighted by molar-refractivity contribution is -0.137. The molecule has 2 aromatic rings. The van der Waals surface area contributed by atoms with Crippen molar-refractivity contribution in [1.82, 2.24) is 10.2 Å². The van der Waals surface area contributed by atoms with Gasteiger partial charge in [-0.25, -0.2) is 0 Å². The van der Waals surface area contributed by atoms with Gasteiger partial charge in [0.1, 0.15) is 17.4 Å². The number of nitriles is 1. The summed E-state index contributed by atoms with van der Waals surface area (Å²) in [5.41, 5.74) is -0.382. The Morgan fingerprint density at radius 1 is 1.26 bits per heavy atom. The molecule has 1 atom stereocenters. The van der Waals surface area contributed by atoms with Gasteiger partial charge in [0.25, 0.3) is 11.8 Å². The number of hydrogen-bond acceptors (Lipinski definition) is 4. The first-order valence-corrected chi connectivity index (χ1v) is 11.2. The van der Waals surface area contributed by atoms with Crippen LogP contribution in [0.5, 0.6) is 5.75 Å². The minimum atomic E-state index is -4.47. The quantitative estimate of drug-likeness (QED) is 0.445. The maximum Gasteiger partial charge on any atom is 0.416 e. The predicted molar refractivity (Wildman–Crippen MR) is 125 cm³/mol. The van der Waals surface area contributed by atoms with E-state index in [0.717, 1.165) is 25.0 Å². The summed E-state index contributed by atoms with van der Waals surface area (Å²) in [6.45, 7) is 1.19. The fourth-order valence-corrected chi connectivity index (χ4v) is 4.02. The molecular formula is C25H23ClF3N3O3. The van der Waals surface area contributed by atoms with Crippen LogP contribution < -0.4 is 10.1 Å². The summed E-state index contributed by atoms with van der Waals surface area (Å²) in [5.74, 6) is -0.470. The van der Waals surface area contributed by atoms with Crippen LogP contribution >= 0.6 is 11.6 Å². The van der Waals surface area contributed by atoms with Crippen molar-refractivity contribution < 1.29 is 27.5 Å². The Kier molecular flexibility index (Phi) is 8.41. The Bertz CT molecular complexity index is 1160. The third-order valence-electron chi connectivity index (χ3n) is 5.66. The zero-order chi connectivity index (χ0) is 25.6. The van der Waals surface area contributed by atoms with Crippen LogP contribution in [0.4, 0.5) is 13.2 Å². The Morgan fingerprint density at radius 2 is 1.97 bits per heavy atom. The third-order valence-corrected chi connectivity index (χ3v) is 5.90. The highest BCUT2D eigenvalue weighted by Crippen LogP contribution is 2.29. The van der Waals surface area contributed by atoms with Crippen LogP contribution in [-0.2, 0) is 11.0 Å². The first-order chi connectivity index (χ1) is 16.6. The highest BCUT2D eigenvalue weighted by Gasteiger charge is 2.30. The van der Waals surface area contributed by atoms with E-state index in [9.17, 15) is 28.0 Å². The maximum atomic E-state index is 13.0. The minimum Gasteiger partial charge on any atom is -0.496 e. The fourth-order valence-electron chi connectivity index (χ4n) is 3.85. The molecule has 1 saturated heterocycles. The second-order valence-corrected chi connectivity index (χ2v) is 8.54. The van der Waals surface area contributed by atoms with E-state index in [-0.39, 0.29) is 23.9 Å². The molecule has 0 saturated carbocycles. The number of amides is 2. The van der Waals surface area contributed by atoms with Crippen LogP contribution in [0.25, 0.3) is 6.08 Å². The van der Waals surface area contributed by atoms with Crippen molar-refractivity contribution in [1.29, 1.82) is 5.26 Å². The van der Waals surface area contributed by atoms with Crippen molar-refractivity contribution in [3.63, 3.8) is 0 Å². The Balaban J connectivity index is 1.62. The van der Waals surface area contributed by atoms with Crippen LogP contribution in [-0.4, -0.2) is 43.5 Å². The topological polar surface area (TPSA) is 82.4 Å². The molecule has 0 spiro atoms. The number of likely N-dealkylation sites (tertiary alicyclic amines) is 1. The molecule has 1 fully saturated rings. The fraction of sp³-hybridized carbons (Fsp3) is 0.320. The van der Waals surface area contributed by atoms with E-state index in [1.165, 1.54) is 25.3 Å². The number of ether oxygens (including phenoxy) is 1. The zero-order valence-electron chi connectivity index (χ0n) is 18.9. The van der Waals surface area contributed by atoms with Crippen LogP contribution in [0.2, 0.25) is 5.02 Å². The molecule has 35 heavy (non-hydrogen) atoms. The molecule has 0 aliphatic carbocycles. The normalized spacial score (nSPS) is 16.4. The van der Waals surface area contributed by atoms with E-state index < -0.39 is 17.6 Å². The van der Waals surface area contributed by atoms with Crippen molar-refractivity contribution in [3.8, 4) is 11.8 Å². The van der Waals surface area contributed by atoms with Gasteiger partial charge in [0.15, 0.2) is 0 Å². The first-order valence-electron chi connectivity index (χ1n) is 10.8. The van der Waals surface area contributed by atoms with Gasteiger partial charge >= 0.3 is 6.18 Å². The molecule has 1 aliphatic heterocycles. The minimum absolute atomic E-state index is 0.0344. The SMILES string of the molecule is COc1ccc(Cl)cc1C(=O)N1CCCC(CNC(=O)/C(C#N)=C/c2ccc(C(F)(F)F)cc2)C1. The molecule has 184 valence electrons. The van der Waals surface area contributed by atoms with Crippen LogP contribution in [0.3, 0.4) is 0 Å². The van der Waals surface area contributed by atoms with Gasteiger partial charge in [0, 0.05) is 24.7 Å². The molecule has 3 rings (SSSR count). The molecule has 0 aromatic heterocycles. The van der Waals surface area contributed by atoms with Crippen LogP contribution in [0, 0.1) is 17.2 Å². The summed E-state index contributed by atoms with van der Waals surface area (Å²) in [4.78, 5) is 27.2. The monoisotopic (exact) mass is 505 g/mol. The number of rotatable bonds is 6. The highest BCUT2D eigenvalue weighted by molar-refractivity contribution is 6.31. The average Bonchev–Trinajstić information content (AvgIpc) is 2.85. The molecular weight excluding hydrogens is 483 g/mol. The lowest BCUT2D eigenvalue weighted by Crippen LogP contribution is -2.44. The number of benzene rings is 2. The lowest BCUT2D eigenvalue weighted by Gasteiger charge is -2.33. The van der Waals surface area contributed by atoms with Crippen LogP contribution in [0.1, 0.15) is 34.3 Å². The van der Waals surface area contributed by atoms with Crippen molar-refractivity contribution in [3.05, 3.63) is 69.8 Å². The first kappa shape index (κ1) is 26.1. The van der Waals surface area contributed by atoms with E-state index in [1.807, 2.05) is 0 Å². The number of hydrogen-bond donors (Lipinski definition) is 1. The van der Waals surface area contributed by atoms with E-state index in [2.05, 4.69) is 5.32 Å². The molecule has 0 radical (unpaired) electrons. The second-order valence-electron chi connectivity index (χ2n) is 8.10. The molecule has 1 aliphatic rings. The standard InChI is InChI=1S/C25H23ClF3N3O3/c1-35-22-9-8-20(26)12-21(22)24(34)32-10-2-3-17(15-32)14-31-23(33)18(13-30)11-16-4-6-19(7-5-16)25(27,28)29/h4-9,11-12,17H,2-3,10,14-15H2,1H3,(H,31,33)/b18-11+. The van der Waals surface area contributed by atoms with E-state index >= 15 is 0 Å². The van der Waals surface area contributed by atoms with Crippen LogP contribution in [0.15, 0.2) is 48.0 Å². The van der Waals surface area contributed by atoms with Crippen molar-refractivity contribution in [2.75, 3.05) is 26.7 Å². The number of nitrogens with zero attached hydrogens (tertiary/aromatic N) is 2. The van der Waals surface area contributed by atoms with Crippen molar-refractivity contribution >= 4 is 29.5 Å². The van der Waals surface area contributed by atoms with Gasteiger partial charge in [0.2, 0.25) is 0 Å². The van der Waals surface area contributed by atoms with Gasteiger partial charge in [-0.2, -0.15) is 18.4 Å².